The average Bonchev–Trinajstić information content (AvgIpc) is 2.46. The number of hydrogen-bond acceptors (Lipinski definition) is 5. The van der Waals surface area contributed by atoms with E-state index < -0.39 is 23.9 Å². The molecule has 0 aromatic carbocycles. The van der Waals surface area contributed by atoms with Crippen molar-refractivity contribution in [3.8, 4) is 0 Å². The molecular formula is C12H22N4O5. The molecule has 0 rings (SSSR count). The van der Waals surface area contributed by atoms with Gasteiger partial charge in [0.05, 0.1) is 13.5 Å². The molecule has 0 aliphatic rings. The predicted octanol–water partition coefficient (Wildman–Crippen LogP) is -1.18. The number of carbonyl (C=O) groups excluding carboxylic acids is 2. The van der Waals surface area contributed by atoms with Gasteiger partial charge in [-0.2, -0.15) is 0 Å². The van der Waals surface area contributed by atoms with Crippen molar-refractivity contribution in [3.05, 3.63) is 0 Å². The Labute approximate surface area is 122 Å². The number of amides is 1. The average molecular weight is 302 g/mol. The normalized spacial score (nSPS) is 12.4. The molecule has 21 heavy (non-hydrogen) atoms. The molecule has 0 heterocycles. The summed E-state index contributed by atoms with van der Waals surface area (Å²) in [5.41, 5.74) is 5.45. The van der Waals surface area contributed by atoms with Crippen molar-refractivity contribution in [2.24, 2.45) is 10.7 Å². The van der Waals surface area contributed by atoms with E-state index in [1.807, 2.05) is 0 Å². The number of carboxylic acid groups (broad SMARTS) is 1. The van der Waals surface area contributed by atoms with Gasteiger partial charge in [0.25, 0.3) is 0 Å². The van der Waals surface area contributed by atoms with Crippen LogP contribution in [0.4, 0.5) is 0 Å². The first kappa shape index (κ1) is 18.7. The Morgan fingerprint density at radius 1 is 1.33 bits per heavy atom. The second-order valence-corrected chi connectivity index (χ2v) is 4.21. The minimum atomic E-state index is -1.07. The van der Waals surface area contributed by atoms with Gasteiger partial charge in [-0.1, -0.05) is 0 Å². The number of aliphatic imine (C=N–C) groups is 1. The van der Waals surface area contributed by atoms with Gasteiger partial charge in [-0.3, -0.25) is 14.6 Å². The van der Waals surface area contributed by atoms with Gasteiger partial charge in [-0.25, -0.2) is 4.79 Å². The Hall–Kier alpha value is -2.32. The molecule has 0 bridgehead atoms. The van der Waals surface area contributed by atoms with Crippen molar-refractivity contribution in [2.75, 3.05) is 20.7 Å². The van der Waals surface area contributed by atoms with Crippen molar-refractivity contribution >= 4 is 23.8 Å². The summed E-state index contributed by atoms with van der Waals surface area (Å²) < 4.78 is 4.60. The van der Waals surface area contributed by atoms with Crippen molar-refractivity contribution in [2.45, 2.75) is 31.7 Å². The van der Waals surface area contributed by atoms with Crippen LogP contribution in [0.1, 0.15) is 25.7 Å². The third-order valence-electron chi connectivity index (χ3n) is 2.60. The fourth-order valence-corrected chi connectivity index (χ4v) is 1.48. The van der Waals surface area contributed by atoms with E-state index in [0.29, 0.717) is 19.4 Å². The van der Waals surface area contributed by atoms with E-state index in [4.69, 9.17) is 10.8 Å². The minimum Gasteiger partial charge on any atom is -0.481 e. The first-order chi connectivity index (χ1) is 9.90. The Bertz CT molecular complexity index is 397. The lowest BCUT2D eigenvalue weighted by atomic mass is 10.1. The highest BCUT2D eigenvalue weighted by Crippen LogP contribution is 2.01. The van der Waals surface area contributed by atoms with E-state index in [0.717, 1.165) is 0 Å². The van der Waals surface area contributed by atoms with Gasteiger partial charge in [-0.15, -0.1) is 0 Å². The first-order valence-corrected chi connectivity index (χ1v) is 6.45. The number of carbonyl (C=O) groups is 3. The number of rotatable bonds is 9. The van der Waals surface area contributed by atoms with Gasteiger partial charge >= 0.3 is 11.9 Å². The summed E-state index contributed by atoms with van der Waals surface area (Å²) in [6, 6.07) is -0.808. The van der Waals surface area contributed by atoms with Crippen molar-refractivity contribution < 1.29 is 24.2 Å². The van der Waals surface area contributed by atoms with Crippen LogP contribution in [0.25, 0.3) is 0 Å². The fourth-order valence-electron chi connectivity index (χ4n) is 1.48. The van der Waals surface area contributed by atoms with Crippen LogP contribution in [-0.4, -0.2) is 55.7 Å². The standard InChI is InChI=1S/C12H22N4O5/c1-14-12(13)15-7-3-4-8(11(20)21-2)16-9(17)5-6-10(18)19/h8H,3-7H2,1-2H3,(H,16,17)(H,18,19)(H3,13,14,15)/t8-/m0/s1. The molecule has 0 fully saturated rings. The van der Waals surface area contributed by atoms with Crippen LogP contribution in [0.5, 0.6) is 0 Å². The largest absolute Gasteiger partial charge is 0.481 e. The zero-order valence-electron chi connectivity index (χ0n) is 12.2. The number of nitrogens with two attached hydrogens (primary N) is 1. The van der Waals surface area contributed by atoms with E-state index >= 15 is 0 Å². The quantitative estimate of drug-likeness (QED) is 0.182. The molecule has 5 N–H and O–H groups in total. The topological polar surface area (TPSA) is 143 Å². The van der Waals surface area contributed by atoms with Crippen LogP contribution < -0.4 is 16.4 Å². The number of hydrogen-bond donors (Lipinski definition) is 4. The monoisotopic (exact) mass is 302 g/mol. The lowest BCUT2D eigenvalue weighted by molar-refractivity contribution is -0.145. The molecule has 0 radical (unpaired) electrons. The Kier molecular flexibility index (Phi) is 9.31. The highest BCUT2D eigenvalue weighted by molar-refractivity contribution is 5.86. The fraction of sp³-hybridized carbons (Fsp3) is 0.667. The Morgan fingerprint density at radius 2 is 2.00 bits per heavy atom. The molecule has 1 amide bonds. The summed E-state index contributed by atoms with van der Waals surface area (Å²) in [6.45, 7) is 0.488. The van der Waals surface area contributed by atoms with E-state index in [1.54, 1.807) is 7.05 Å². The van der Waals surface area contributed by atoms with Crippen molar-refractivity contribution in [1.29, 1.82) is 0 Å². The van der Waals surface area contributed by atoms with Crippen LogP contribution in [0.2, 0.25) is 0 Å². The minimum absolute atomic E-state index is 0.184. The number of methoxy groups -OCH3 is 1. The molecule has 0 aromatic heterocycles. The molecule has 0 spiro atoms. The third kappa shape index (κ3) is 9.25. The second kappa shape index (κ2) is 10.5. The van der Waals surface area contributed by atoms with Crippen LogP contribution in [0.3, 0.4) is 0 Å². The summed E-state index contributed by atoms with van der Waals surface area (Å²) in [4.78, 5) is 37.2. The summed E-state index contributed by atoms with van der Waals surface area (Å²) >= 11 is 0. The lowest BCUT2D eigenvalue weighted by Gasteiger charge is -2.16. The Balaban J connectivity index is 4.23. The van der Waals surface area contributed by atoms with Crippen molar-refractivity contribution in [3.63, 3.8) is 0 Å². The van der Waals surface area contributed by atoms with Gasteiger partial charge < -0.3 is 26.2 Å². The van der Waals surface area contributed by atoms with Crippen molar-refractivity contribution in [1.82, 2.24) is 10.6 Å². The first-order valence-electron chi connectivity index (χ1n) is 6.45. The molecule has 0 aliphatic heterocycles. The number of ether oxygens (including phenoxy) is 1. The molecule has 120 valence electrons. The summed E-state index contributed by atoms with van der Waals surface area (Å²) in [5.74, 6) is -1.86. The van der Waals surface area contributed by atoms with E-state index in [9.17, 15) is 14.4 Å². The Morgan fingerprint density at radius 3 is 2.52 bits per heavy atom. The predicted molar refractivity (Wildman–Crippen MR) is 75.6 cm³/mol. The highest BCUT2D eigenvalue weighted by atomic mass is 16.5. The summed E-state index contributed by atoms with van der Waals surface area (Å²) in [5, 5.41) is 13.8. The van der Waals surface area contributed by atoms with Gasteiger partial charge in [0.1, 0.15) is 6.04 Å². The molecule has 1 atom stereocenters. The molecule has 0 unspecified atom stereocenters. The van der Waals surface area contributed by atoms with Crippen LogP contribution in [0.15, 0.2) is 4.99 Å². The molecular weight excluding hydrogens is 280 g/mol. The van der Waals surface area contributed by atoms with Gasteiger partial charge in [0.2, 0.25) is 5.91 Å². The molecule has 0 aromatic rings. The molecule has 9 nitrogen and oxygen atoms in total. The number of aliphatic carboxylic acids is 1. The second-order valence-electron chi connectivity index (χ2n) is 4.21. The maximum Gasteiger partial charge on any atom is 0.328 e. The van der Waals surface area contributed by atoms with Crippen LogP contribution >= 0.6 is 0 Å². The molecule has 0 aliphatic carbocycles. The van der Waals surface area contributed by atoms with E-state index in [-0.39, 0.29) is 18.8 Å². The molecule has 0 saturated heterocycles. The number of esters is 1. The maximum atomic E-state index is 11.5. The van der Waals surface area contributed by atoms with Crippen LogP contribution in [0, 0.1) is 0 Å². The molecule has 0 saturated carbocycles. The van der Waals surface area contributed by atoms with Gasteiger partial charge in [-0.05, 0) is 12.8 Å². The van der Waals surface area contributed by atoms with E-state index in [1.165, 1.54) is 7.11 Å². The number of carboxylic acids is 1. The zero-order valence-corrected chi connectivity index (χ0v) is 12.2. The maximum absolute atomic E-state index is 11.5. The number of nitrogens with one attached hydrogen (secondary N) is 2. The number of nitrogens with zero attached hydrogens (tertiary/aromatic N) is 1. The van der Waals surface area contributed by atoms with Gasteiger partial charge in [0, 0.05) is 20.0 Å². The third-order valence-corrected chi connectivity index (χ3v) is 2.60. The SMILES string of the molecule is CN=C(N)NCCC[C@H](NC(=O)CCC(=O)O)C(=O)OC. The smallest absolute Gasteiger partial charge is 0.328 e. The summed E-state index contributed by atoms with van der Waals surface area (Å²) in [7, 11) is 2.76. The summed E-state index contributed by atoms with van der Waals surface area (Å²) in [6.07, 6.45) is 0.423. The lowest BCUT2D eigenvalue weighted by Crippen LogP contribution is -2.42. The van der Waals surface area contributed by atoms with E-state index in [2.05, 4.69) is 20.4 Å². The van der Waals surface area contributed by atoms with Gasteiger partial charge in [0.15, 0.2) is 5.96 Å². The molecule has 9 heteroatoms. The number of guanidine groups is 1. The highest BCUT2D eigenvalue weighted by Gasteiger charge is 2.21. The van der Waals surface area contributed by atoms with Crippen LogP contribution in [-0.2, 0) is 19.1 Å². The zero-order chi connectivity index (χ0) is 16.3.